The third-order valence-electron chi connectivity index (χ3n) is 3.30. The fourth-order valence-electron chi connectivity index (χ4n) is 2.19. The zero-order valence-electron chi connectivity index (χ0n) is 11.1. The van der Waals surface area contributed by atoms with Gasteiger partial charge in [-0.1, -0.05) is 0 Å². The first-order valence-electron chi connectivity index (χ1n) is 6.64. The van der Waals surface area contributed by atoms with Gasteiger partial charge >= 0.3 is 5.97 Å². The van der Waals surface area contributed by atoms with Crippen molar-refractivity contribution in [1.29, 1.82) is 0 Å². The Hall–Kier alpha value is -1.18. The molecule has 0 spiro atoms. The summed E-state index contributed by atoms with van der Waals surface area (Å²) in [6, 6.07) is -0.736. The zero-order chi connectivity index (χ0) is 14.3. The maximum Gasteiger partial charge on any atom is 0.303 e. The number of nitrogens with zero attached hydrogens (tertiary/aromatic N) is 2. The van der Waals surface area contributed by atoms with Crippen molar-refractivity contribution in [1.82, 2.24) is 9.80 Å². The predicted octanol–water partition coefficient (Wildman–Crippen LogP) is -1.29. The topological polar surface area (TPSA) is 107 Å². The van der Waals surface area contributed by atoms with E-state index in [2.05, 4.69) is 4.90 Å². The van der Waals surface area contributed by atoms with E-state index in [0.717, 1.165) is 19.5 Å². The van der Waals surface area contributed by atoms with Crippen LogP contribution in [0.4, 0.5) is 0 Å². The average Bonchev–Trinajstić information content (AvgIpc) is 2.61. The number of aliphatic hydroxyl groups is 1. The van der Waals surface area contributed by atoms with Crippen LogP contribution in [0.15, 0.2) is 0 Å². The second kappa shape index (κ2) is 8.08. The molecule has 1 aliphatic rings. The number of rotatable bonds is 6. The zero-order valence-corrected chi connectivity index (χ0v) is 11.1. The third kappa shape index (κ3) is 5.54. The van der Waals surface area contributed by atoms with Gasteiger partial charge in [-0.3, -0.25) is 14.5 Å². The molecule has 19 heavy (non-hydrogen) atoms. The van der Waals surface area contributed by atoms with Crippen molar-refractivity contribution in [2.45, 2.75) is 25.3 Å². The molecule has 0 aromatic carbocycles. The maximum absolute atomic E-state index is 12.1. The molecule has 0 saturated carbocycles. The second-order valence-corrected chi connectivity index (χ2v) is 4.78. The molecular weight excluding hydrogens is 250 g/mol. The van der Waals surface area contributed by atoms with Crippen molar-refractivity contribution in [2.24, 2.45) is 5.73 Å². The van der Waals surface area contributed by atoms with Gasteiger partial charge in [-0.15, -0.1) is 0 Å². The summed E-state index contributed by atoms with van der Waals surface area (Å²) in [6.45, 7) is 3.53. The Morgan fingerprint density at radius 3 is 2.58 bits per heavy atom. The minimum Gasteiger partial charge on any atom is -0.481 e. The van der Waals surface area contributed by atoms with E-state index in [-0.39, 0.29) is 25.4 Å². The number of hydrogen-bond acceptors (Lipinski definition) is 5. The average molecular weight is 273 g/mol. The Morgan fingerprint density at radius 2 is 1.95 bits per heavy atom. The summed E-state index contributed by atoms with van der Waals surface area (Å²) in [6.07, 6.45) is 0.930. The smallest absolute Gasteiger partial charge is 0.303 e. The van der Waals surface area contributed by atoms with Crippen molar-refractivity contribution < 1.29 is 19.8 Å². The van der Waals surface area contributed by atoms with Crippen molar-refractivity contribution in [3.05, 3.63) is 0 Å². The Bertz CT molecular complexity index is 311. The van der Waals surface area contributed by atoms with Gasteiger partial charge < -0.3 is 20.8 Å². The first-order valence-corrected chi connectivity index (χ1v) is 6.64. The number of nitrogens with two attached hydrogens (primary N) is 1. The Balaban J connectivity index is 2.41. The standard InChI is InChI=1S/C12H23N3O4/c13-10(2-3-11(17)18)12(19)15-5-1-4-14(6-7-15)8-9-16/h10,16H,1-9,13H2,(H,17,18). The van der Waals surface area contributed by atoms with E-state index < -0.39 is 12.0 Å². The monoisotopic (exact) mass is 273 g/mol. The quantitative estimate of drug-likeness (QED) is 0.555. The SMILES string of the molecule is NC(CCC(=O)O)C(=O)N1CCCN(CCO)CC1. The van der Waals surface area contributed by atoms with Crippen molar-refractivity contribution in [3.63, 3.8) is 0 Å². The molecule has 0 bridgehead atoms. The minimum absolute atomic E-state index is 0.0859. The molecule has 0 aliphatic carbocycles. The van der Waals surface area contributed by atoms with Gasteiger partial charge in [0, 0.05) is 32.6 Å². The number of hydrogen-bond donors (Lipinski definition) is 3. The van der Waals surface area contributed by atoms with Crippen LogP contribution < -0.4 is 5.73 Å². The molecule has 7 heteroatoms. The third-order valence-corrected chi connectivity index (χ3v) is 3.30. The van der Waals surface area contributed by atoms with Crippen LogP contribution in [-0.4, -0.2) is 77.3 Å². The number of β-amino-alcohol motifs (C(OH)–C–C–N with tert-alkyl or cyclic N) is 1. The van der Waals surface area contributed by atoms with Gasteiger partial charge in [-0.2, -0.15) is 0 Å². The van der Waals surface area contributed by atoms with Gasteiger partial charge in [0.1, 0.15) is 0 Å². The van der Waals surface area contributed by atoms with E-state index in [1.165, 1.54) is 0 Å². The van der Waals surface area contributed by atoms with Crippen LogP contribution >= 0.6 is 0 Å². The lowest BCUT2D eigenvalue weighted by Crippen LogP contribution is -2.45. The largest absolute Gasteiger partial charge is 0.481 e. The molecule has 0 radical (unpaired) electrons. The van der Waals surface area contributed by atoms with E-state index in [1.807, 2.05) is 0 Å². The highest BCUT2D eigenvalue weighted by Gasteiger charge is 2.23. The van der Waals surface area contributed by atoms with Gasteiger partial charge in [-0.25, -0.2) is 0 Å². The van der Waals surface area contributed by atoms with Gasteiger partial charge in [0.05, 0.1) is 12.6 Å². The van der Waals surface area contributed by atoms with Gasteiger partial charge in [-0.05, 0) is 19.4 Å². The summed E-state index contributed by atoms with van der Waals surface area (Å²) < 4.78 is 0. The van der Waals surface area contributed by atoms with Crippen LogP contribution in [0, 0.1) is 0 Å². The van der Waals surface area contributed by atoms with Crippen LogP contribution in [0.2, 0.25) is 0 Å². The Morgan fingerprint density at radius 1 is 1.21 bits per heavy atom. The normalized spacial score (nSPS) is 18.9. The minimum atomic E-state index is -0.937. The van der Waals surface area contributed by atoms with E-state index in [1.54, 1.807) is 4.90 Å². The van der Waals surface area contributed by atoms with Crippen LogP contribution in [0.5, 0.6) is 0 Å². The number of carboxylic acid groups (broad SMARTS) is 1. The van der Waals surface area contributed by atoms with Crippen molar-refractivity contribution in [2.75, 3.05) is 39.3 Å². The second-order valence-electron chi connectivity index (χ2n) is 4.78. The number of carboxylic acids is 1. The number of carbonyl (C=O) groups is 2. The van der Waals surface area contributed by atoms with E-state index in [0.29, 0.717) is 19.6 Å². The van der Waals surface area contributed by atoms with Crippen molar-refractivity contribution >= 4 is 11.9 Å². The fourth-order valence-corrected chi connectivity index (χ4v) is 2.19. The van der Waals surface area contributed by atoms with Crippen LogP contribution in [0.1, 0.15) is 19.3 Å². The lowest BCUT2D eigenvalue weighted by molar-refractivity contribution is -0.137. The molecule has 1 heterocycles. The maximum atomic E-state index is 12.1. The fraction of sp³-hybridized carbons (Fsp3) is 0.833. The number of aliphatic hydroxyl groups excluding tert-OH is 1. The number of aliphatic carboxylic acids is 1. The molecular formula is C12H23N3O4. The molecule has 1 aliphatic heterocycles. The highest BCUT2D eigenvalue weighted by Crippen LogP contribution is 2.06. The van der Waals surface area contributed by atoms with E-state index >= 15 is 0 Å². The van der Waals surface area contributed by atoms with Gasteiger partial charge in [0.15, 0.2) is 0 Å². The first-order chi connectivity index (χ1) is 9.04. The predicted molar refractivity (Wildman–Crippen MR) is 69.6 cm³/mol. The van der Waals surface area contributed by atoms with Gasteiger partial charge in [0.2, 0.25) is 5.91 Å². The first kappa shape index (κ1) is 15.9. The van der Waals surface area contributed by atoms with E-state index in [9.17, 15) is 9.59 Å². The molecule has 1 saturated heterocycles. The van der Waals surface area contributed by atoms with Crippen LogP contribution in [-0.2, 0) is 9.59 Å². The molecule has 1 amide bonds. The molecule has 110 valence electrons. The molecule has 0 aromatic rings. The molecule has 1 fully saturated rings. The highest BCUT2D eigenvalue weighted by atomic mass is 16.4. The lowest BCUT2D eigenvalue weighted by Gasteiger charge is -2.24. The summed E-state index contributed by atoms with van der Waals surface area (Å²) in [5.41, 5.74) is 5.73. The molecule has 0 aromatic heterocycles. The molecule has 7 nitrogen and oxygen atoms in total. The summed E-state index contributed by atoms with van der Waals surface area (Å²) in [7, 11) is 0. The summed E-state index contributed by atoms with van der Waals surface area (Å²) >= 11 is 0. The van der Waals surface area contributed by atoms with Crippen molar-refractivity contribution in [3.8, 4) is 0 Å². The van der Waals surface area contributed by atoms with Crippen LogP contribution in [0.3, 0.4) is 0 Å². The van der Waals surface area contributed by atoms with Crippen LogP contribution in [0.25, 0.3) is 0 Å². The molecule has 1 rings (SSSR count). The summed E-state index contributed by atoms with van der Waals surface area (Å²) in [5.74, 6) is -1.11. The summed E-state index contributed by atoms with van der Waals surface area (Å²) in [4.78, 5) is 26.3. The lowest BCUT2D eigenvalue weighted by atomic mass is 10.1. The Labute approximate surface area is 113 Å². The van der Waals surface area contributed by atoms with E-state index in [4.69, 9.17) is 15.9 Å². The van der Waals surface area contributed by atoms with Gasteiger partial charge in [0.25, 0.3) is 0 Å². The molecule has 4 N–H and O–H groups in total. The highest BCUT2D eigenvalue weighted by molar-refractivity contribution is 5.82. The molecule has 1 unspecified atom stereocenters. The number of amides is 1. The Kier molecular flexibility index (Phi) is 6.75. The molecule has 1 atom stereocenters. The number of carbonyl (C=O) groups excluding carboxylic acids is 1. The summed E-state index contributed by atoms with van der Waals surface area (Å²) in [5, 5.41) is 17.5.